The topological polar surface area (TPSA) is 39.9 Å². The number of fused-ring (bicyclic) bond motifs is 1. The van der Waals surface area contributed by atoms with Crippen molar-refractivity contribution in [1.29, 1.82) is 0 Å². The number of nitrogens with one attached hydrogen (secondary N) is 1. The van der Waals surface area contributed by atoms with Gasteiger partial charge < -0.3 is 10.1 Å². The summed E-state index contributed by atoms with van der Waals surface area (Å²) in [5.74, 6) is 0. The number of aromatic nitrogens is 2. The first kappa shape index (κ1) is 11.0. The highest BCUT2D eigenvalue weighted by atomic mass is 16.3. The largest absolute Gasteiger partial charge is 0.382 e. The van der Waals surface area contributed by atoms with E-state index in [-0.39, 0.29) is 0 Å². The van der Waals surface area contributed by atoms with E-state index in [0.717, 1.165) is 16.5 Å². The van der Waals surface area contributed by atoms with Crippen LogP contribution in [0.1, 0.15) is 11.7 Å². The summed E-state index contributed by atoms with van der Waals surface area (Å²) in [5, 5.41) is 11.4. The fourth-order valence-electron chi connectivity index (χ4n) is 2.22. The second-order valence-corrected chi connectivity index (χ2v) is 4.38. The van der Waals surface area contributed by atoms with Crippen molar-refractivity contribution in [2.75, 3.05) is 0 Å². The zero-order valence-electron chi connectivity index (χ0n) is 9.95. The molecule has 2 N–H and O–H groups in total. The van der Waals surface area contributed by atoms with Gasteiger partial charge >= 0.3 is 0 Å². The molecule has 0 amide bonds. The lowest BCUT2D eigenvalue weighted by atomic mass is 10.1. The molecule has 3 heteroatoms. The summed E-state index contributed by atoms with van der Waals surface area (Å²) >= 11 is 0. The fraction of sp³-hybridized carbons (Fsp3) is 0.133. The van der Waals surface area contributed by atoms with Crippen LogP contribution < -0.4 is 4.57 Å². The number of rotatable bonds is 3. The van der Waals surface area contributed by atoms with Gasteiger partial charge in [-0.25, -0.2) is 4.57 Å². The van der Waals surface area contributed by atoms with Gasteiger partial charge in [0.15, 0.2) is 18.9 Å². The molecule has 0 saturated heterocycles. The molecule has 0 saturated carbocycles. The van der Waals surface area contributed by atoms with Crippen molar-refractivity contribution in [1.82, 2.24) is 4.98 Å². The van der Waals surface area contributed by atoms with E-state index >= 15 is 0 Å². The SMILES string of the molecule is O[C@H](C[n+]1ccccc1)c1c[nH]c2ccccc12. The van der Waals surface area contributed by atoms with E-state index in [1.807, 2.05) is 65.6 Å². The van der Waals surface area contributed by atoms with Gasteiger partial charge in [-0.15, -0.1) is 0 Å². The third kappa shape index (κ3) is 2.00. The van der Waals surface area contributed by atoms with Crippen molar-refractivity contribution in [2.24, 2.45) is 0 Å². The van der Waals surface area contributed by atoms with Gasteiger partial charge in [-0.1, -0.05) is 24.3 Å². The highest BCUT2D eigenvalue weighted by Crippen LogP contribution is 2.23. The van der Waals surface area contributed by atoms with Crippen molar-refractivity contribution in [2.45, 2.75) is 12.6 Å². The third-order valence-corrected chi connectivity index (χ3v) is 3.14. The summed E-state index contributed by atoms with van der Waals surface area (Å²) in [6, 6.07) is 13.9. The molecule has 18 heavy (non-hydrogen) atoms. The zero-order chi connectivity index (χ0) is 12.4. The molecule has 0 radical (unpaired) electrons. The Morgan fingerprint density at radius 1 is 1.06 bits per heavy atom. The van der Waals surface area contributed by atoms with Crippen LogP contribution in [0.3, 0.4) is 0 Å². The Morgan fingerprint density at radius 2 is 1.83 bits per heavy atom. The first-order valence-corrected chi connectivity index (χ1v) is 6.03. The number of hydrogen-bond donors (Lipinski definition) is 2. The van der Waals surface area contributed by atoms with Crippen molar-refractivity contribution >= 4 is 10.9 Å². The van der Waals surface area contributed by atoms with Gasteiger partial charge in [-0.2, -0.15) is 0 Å². The Kier molecular flexibility index (Phi) is 2.82. The lowest BCUT2D eigenvalue weighted by molar-refractivity contribution is -0.704. The summed E-state index contributed by atoms with van der Waals surface area (Å²) in [6.07, 6.45) is 5.29. The van der Waals surface area contributed by atoms with Gasteiger partial charge in [0.2, 0.25) is 0 Å². The molecule has 90 valence electrons. The van der Waals surface area contributed by atoms with Crippen LogP contribution in [0.15, 0.2) is 61.1 Å². The molecule has 2 heterocycles. The molecule has 0 aliphatic rings. The van der Waals surface area contributed by atoms with Crippen LogP contribution in [-0.4, -0.2) is 10.1 Å². The summed E-state index contributed by atoms with van der Waals surface area (Å²) < 4.78 is 1.98. The van der Waals surface area contributed by atoms with Crippen LogP contribution in [-0.2, 0) is 6.54 Å². The third-order valence-electron chi connectivity index (χ3n) is 3.14. The maximum atomic E-state index is 10.3. The molecule has 1 aromatic carbocycles. The standard InChI is InChI=1S/C15H15N2O/c18-15(11-17-8-4-1-5-9-17)13-10-16-14-7-3-2-6-12(13)14/h1-10,15-16,18H,11H2/q+1/t15-/m1/s1. The predicted octanol–water partition coefficient (Wildman–Crippen LogP) is 2.19. The van der Waals surface area contributed by atoms with E-state index in [0.29, 0.717) is 6.54 Å². The van der Waals surface area contributed by atoms with Gasteiger partial charge in [0.25, 0.3) is 0 Å². The molecule has 0 aliphatic heterocycles. The number of para-hydroxylation sites is 1. The minimum atomic E-state index is -0.506. The Balaban J connectivity index is 1.90. The van der Waals surface area contributed by atoms with Crippen LogP contribution in [0.2, 0.25) is 0 Å². The molecular weight excluding hydrogens is 224 g/mol. The van der Waals surface area contributed by atoms with E-state index in [1.165, 1.54) is 0 Å². The summed E-state index contributed by atoms with van der Waals surface area (Å²) in [5.41, 5.74) is 2.01. The molecule has 2 aromatic heterocycles. The van der Waals surface area contributed by atoms with Crippen LogP contribution in [0.4, 0.5) is 0 Å². The molecule has 3 rings (SSSR count). The van der Waals surface area contributed by atoms with E-state index in [2.05, 4.69) is 4.98 Å². The first-order valence-electron chi connectivity index (χ1n) is 6.03. The molecule has 0 bridgehead atoms. The number of benzene rings is 1. The summed E-state index contributed by atoms with van der Waals surface area (Å²) in [4.78, 5) is 3.19. The number of nitrogens with zero attached hydrogens (tertiary/aromatic N) is 1. The zero-order valence-corrected chi connectivity index (χ0v) is 9.95. The van der Waals surface area contributed by atoms with Gasteiger partial charge in [0.05, 0.1) is 0 Å². The minimum Gasteiger partial charge on any atom is -0.382 e. The number of H-pyrrole nitrogens is 1. The quantitative estimate of drug-likeness (QED) is 0.676. The Morgan fingerprint density at radius 3 is 2.67 bits per heavy atom. The molecule has 3 aromatic rings. The smallest absolute Gasteiger partial charge is 0.178 e. The van der Waals surface area contributed by atoms with Gasteiger partial charge in [-0.05, 0) is 6.07 Å². The first-order chi connectivity index (χ1) is 8.84. The highest BCUT2D eigenvalue weighted by molar-refractivity contribution is 5.83. The van der Waals surface area contributed by atoms with E-state index in [1.54, 1.807) is 0 Å². The number of aliphatic hydroxyl groups excluding tert-OH is 1. The average molecular weight is 239 g/mol. The summed E-state index contributed by atoms with van der Waals surface area (Å²) in [6.45, 7) is 0.558. The normalized spacial score (nSPS) is 12.7. The molecule has 0 fully saturated rings. The van der Waals surface area contributed by atoms with Gasteiger partial charge in [0, 0.05) is 34.8 Å². The number of aliphatic hydroxyl groups is 1. The minimum absolute atomic E-state index is 0.506. The Hall–Kier alpha value is -2.13. The molecule has 0 aliphatic carbocycles. The molecular formula is C15H15N2O+. The number of aromatic amines is 1. The Bertz CT molecular complexity index is 646. The van der Waals surface area contributed by atoms with E-state index in [9.17, 15) is 5.11 Å². The average Bonchev–Trinajstić information content (AvgIpc) is 2.84. The van der Waals surface area contributed by atoms with E-state index in [4.69, 9.17) is 0 Å². The molecule has 0 spiro atoms. The number of hydrogen-bond acceptors (Lipinski definition) is 1. The molecule has 0 unspecified atom stereocenters. The monoisotopic (exact) mass is 239 g/mol. The lowest BCUT2D eigenvalue weighted by Crippen LogP contribution is -2.35. The van der Waals surface area contributed by atoms with E-state index < -0.39 is 6.10 Å². The van der Waals surface area contributed by atoms with Gasteiger partial charge in [0.1, 0.15) is 6.10 Å². The van der Waals surface area contributed by atoms with Gasteiger partial charge in [-0.3, -0.25) is 0 Å². The van der Waals surface area contributed by atoms with Crippen LogP contribution in [0, 0.1) is 0 Å². The van der Waals surface area contributed by atoms with Crippen molar-refractivity contribution in [3.63, 3.8) is 0 Å². The van der Waals surface area contributed by atoms with Crippen LogP contribution in [0.25, 0.3) is 10.9 Å². The van der Waals surface area contributed by atoms with Crippen LogP contribution >= 0.6 is 0 Å². The van der Waals surface area contributed by atoms with Crippen LogP contribution in [0.5, 0.6) is 0 Å². The van der Waals surface area contributed by atoms with Crippen molar-refractivity contribution < 1.29 is 9.67 Å². The second-order valence-electron chi connectivity index (χ2n) is 4.38. The maximum absolute atomic E-state index is 10.3. The van der Waals surface area contributed by atoms with Crippen molar-refractivity contribution in [3.05, 3.63) is 66.6 Å². The Labute approximate surface area is 105 Å². The van der Waals surface area contributed by atoms with Crippen molar-refractivity contribution in [3.8, 4) is 0 Å². The maximum Gasteiger partial charge on any atom is 0.178 e. The number of pyridine rings is 1. The molecule has 3 nitrogen and oxygen atoms in total. The highest BCUT2D eigenvalue weighted by Gasteiger charge is 2.16. The summed E-state index contributed by atoms with van der Waals surface area (Å²) in [7, 11) is 0. The molecule has 1 atom stereocenters. The second kappa shape index (κ2) is 4.63. The lowest BCUT2D eigenvalue weighted by Gasteiger charge is -2.06. The predicted molar refractivity (Wildman–Crippen MR) is 69.9 cm³/mol. The fourth-order valence-corrected chi connectivity index (χ4v) is 2.22.